The molecule has 4 heteroatoms. The molecular weight excluding hydrogens is 235 g/mol. The zero-order valence-electron chi connectivity index (χ0n) is 9.66. The normalized spacial score (nSPS) is 26.4. The molecule has 1 nitrogen and oxygen atoms in total. The van der Waals surface area contributed by atoms with Gasteiger partial charge in [-0.3, -0.25) is 0 Å². The Kier molecular flexibility index (Phi) is 3.35. The minimum Gasteiger partial charge on any atom is -0.416 e. The van der Waals surface area contributed by atoms with E-state index < -0.39 is 12.7 Å². The van der Waals surface area contributed by atoms with Crippen LogP contribution in [0.3, 0.4) is 0 Å². The fourth-order valence-electron chi connectivity index (χ4n) is 0.976. The fourth-order valence-corrected chi connectivity index (χ4v) is 2.53. The summed E-state index contributed by atoms with van der Waals surface area (Å²) in [5, 5.41) is 0.267. The number of hydrogen-bond acceptors (Lipinski definition) is 1. The van der Waals surface area contributed by atoms with Crippen molar-refractivity contribution >= 4 is 31.5 Å². The van der Waals surface area contributed by atoms with E-state index in [1.54, 1.807) is 0 Å². The van der Waals surface area contributed by atoms with Crippen LogP contribution in [0.15, 0.2) is 0 Å². The molecule has 0 spiro atoms. The van der Waals surface area contributed by atoms with Gasteiger partial charge < -0.3 is 4.43 Å². The van der Waals surface area contributed by atoms with Crippen molar-refractivity contribution in [2.24, 2.45) is 5.92 Å². The van der Waals surface area contributed by atoms with E-state index in [9.17, 15) is 0 Å². The lowest BCUT2D eigenvalue weighted by Crippen LogP contribution is -2.41. The second kappa shape index (κ2) is 3.65. The van der Waals surface area contributed by atoms with Gasteiger partial charge in [-0.1, -0.05) is 20.8 Å². The lowest BCUT2D eigenvalue weighted by Gasteiger charge is -2.36. The predicted molar refractivity (Wildman–Crippen MR) is 65.7 cm³/mol. The van der Waals surface area contributed by atoms with Crippen LogP contribution in [0.4, 0.5) is 0 Å². The van der Waals surface area contributed by atoms with Crippen LogP contribution in [-0.4, -0.2) is 19.3 Å². The molecule has 0 aromatic heterocycles. The molecule has 84 valence electrons. The summed E-state index contributed by atoms with van der Waals surface area (Å²) in [6.07, 6.45) is 0.880. The maximum absolute atomic E-state index is 6.02. The van der Waals surface area contributed by atoms with Crippen LogP contribution in [0.1, 0.15) is 27.2 Å². The minimum atomic E-state index is -1.61. The third-order valence-corrected chi connectivity index (χ3v) is 8.83. The molecule has 1 aliphatic rings. The summed E-state index contributed by atoms with van der Waals surface area (Å²) >= 11 is 11.9. The highest BCUT2D eigenvalue weighted by Crippen LogP contribution is 2.53. The predicted octanol–water partition coefficient (Wildman–Crippen LogP) is 4.20. The van der Waals surface area contributed by atoms with Crippen molar-refractivity contribution in [3.05, 3.63) is 0 Å². The molecule has 0 aromatic carbocycles. The monoisotopic (exact) mass is 254 g/mol. The maximum Gasteiger partial charge on any atom is 0.191 e. The molecule has 1 saturated carbocycles. The number of halogens is 2. The highest BCUT2D eigenvalue weighted by atomic mass is 35.5. The lowest BCUT2D eigenvalue weighted by molar-refractivity contribution is 0.271. The summed E-state index contributed by atoms with van der Waals surface area (Å²) in [6, 6.07) is 0. The Bertz CT molecular complexity index is 221. The van der Waals surface area contributed by atoms with Crippen LogP contribution in [0, 0.1) is 5.92 Å². The van der Waals surface area contributed by atoms with Gasteiger partial charge in [-0.2, -0.15) is 0 Å². The molecule has 0 saturated heterocycles. The van der Waals surface area contributed by atoms with Gasteiger partial charge in [-0.05, 0) is 24.6 Å². The van der Waals surface area contributed by atoms with Crippen molar-refractivity contribution in [2.75, 3.05) is 6.61 Å². The average Bonchev–Trinajstić information content (AvgIpc) is 2.53. The Morgan fingerprint density at radius 3 is 2.07 bits per heavy atom. The van der Waals surface area contributed by atoms with Crippen LogP contribution >= 0.6 is 23.2 Å². The number of rotatable bonds is 3. The van der Waals surface area contributed by atoms with E-state index in [4.69, 9.17) is 27.6 Å². The molecular formula is C10H20Cl2OSi. The standard InChI is InChI=1S/C10H20Cl2OSi/c1-9(2,3)14(4,5)13-7-8-6-10(8,11)12/h8H,6-7H2,1-5H3/t8-/m0/s1. The van der Waals surface area contributed by atoms with E-state index in [1.807, 2.05) is 0 Å². The number of hydrogen-bond donors (Lipinski definition) is 0. The van der Waals surface area contributed by atoms with E-state index in [0.717, 1.165) is 13.0 Å². The van der Waals surface area contributed by atoms with Crippen LogP contribution in [0.25, 0.3) is 0 Å². The molecule has 0 aliphatic heterocycles. The molecule has 1 rings (SSSR count). The number of alkyl halides is 2. The van der Waals surface area contributed by atoms with E-state index >= 15 is 0 Å². The Labute approximate surface area is 98.2 Å². The second-order valence-electron chi connectivity index (χ2n) is 5.73. The van der Waals surface area contributed by atoms with Gasteiger partial charge in [-0.15, -0.1) is 23.2 Å². The second-order valence-corrected chi connectivity index (χ2v) is 12.1. The van der Waals surface area contributed by atoms with E-state index in [0.29, 0.717) is 5.92 Å². The SMILES string of the molecule is CC(C)(C)[Si](C)(C)OC[C@@H]1CC1(Cl)Cl. The van der Waals surface area contributed by atoms with Crippen molar-refractivity contribution < 1.29 is 4.43 Å². The van der Waals surface area contributed by atoms with Crippen LogP contribution < -0.4 is 0 Å². The molecule has 0 amide bonds. The Morgan fingerprint density at radius 2 is 1.79 bits per heavy atom. The minimum absolute atomic E-state index is 0.267. The van der Waals surface area contributed by atoms with Crippen molar-refractivity contribution in [3.8, 4) is 0 Å². The maximum atomic E-state index is 6.02. The first-order valence-corrected chi connectivity index (χ1v) is 8.74. The Balaban J connectivity index is 2.38. The van der Waals surface area contributed by atoms with Gasteiger partial charge in [0, 0.05) is 12.5 Å². The fraction of sp³-hybridized carbons (Fsp3) is 1.00. The molecule has 1 fully saturated rings. The highest BCUT2D eigenvalue weighted by Gasteiger charge is 2.52. The van der Waals surface area contributed by atoms with Crippen LogP contribution in [-0.2, 0) is 4.43 Å². The third kappa shape index (κ3) is 2.88. The molecule has 0 aromatic rings. The molecule has 0 heterocycles. The first-order valence-electron chi connectivity index (χ1n) is 5.08. The zero-order valence-corrected chi connectivity index (χ0v) is 12.2. The van der Waals surface area contributed by atoms with Gasteiger partial charge in [0.25, 0.3) is 0 Å². The van der Waals surface area contributed by atoms with E-state index in [2.05, 4.69) is 33.9 Å². The molecule has 1 aliphatic carbocycles. The lowest BCUT2D eigenvalue weighted by atomic mass is 10.2. The quantitative estimate of drug-likeness (QED) is 0.542. The summed E-state index contributed by atoms with van der Waals surface area (Å²) in [5.41, 5.74) is 0. The highest BCUT2D eigenvalue weighted by molar-refractivity contribution is 6.74. The Hall–Kier alpha value is 0.757. The smallest absolute Gasteiger partial charge is 0.191 e. The first-order chi connectivity index (χ1) is 6.06. The van der Waals surface area contributed by atoms with Crippen molar-refractivity contribution in [1.82, 2.24) is 0 Å². The van der Waals surface area contributed by atoms with Gasteiger partial charge in [0.05, 0.1) is 0 Å². The average molecular weight is 255 g/mol. The summed E-state index contributed by atoms with van der Waals surface area (Å²) in [7, 11) is -1.61. The topological polar surface area (TPSA) is 9.23 Å². The molecule has 14 heavy (non-hydrogen) atoms. The molecule has 1 atom stereocenters. The first kappa shape index (κ1) is 12.8. The summed E-state index contributed by atoms with van der Waals surface area (Å²) < 4.78 is 5.53. The van der Waals surface area contributed by atoms with Crippen molar-refractivity contribution in [3.63, 3.8) is 0 Å². The molecule has 0 unspecified atom stereocenters. The molecule has 0 radical (unpaired) electrons. The van der Waals surface area contributed by atoms with Crippen molar-refractivity contribution in [1.29, 1.82) is 0 Å². The summed E-state index contributed by atoms with van der Waals surface area (Å²) in [4.78, 5) is 0. The van der Waals surface area contributed by atoms with Crippen molar-refractivity contribution in [2.45, 2.75) is 49.7 Å². The zero-order chi connectivity index (χ0) is 11.2. The largest absolute Gasteiger partial charge is 0.416 e. The summed E-state index contributed by atoms with van der Waals surface area (Å²) in [6.45, 7) is 11.9. The van der Waals surface area contributed by atoms with Gasteiger partial charge in [0.15, 0.2) is 8.32 Å². The third-order valence-electron chi connectivity index (χ3n) is 3.41. The van der Waals surface area contributed by atoms with Crippen LogP contribution in [0.5, 0.6) is 0 Å². The van der Waals surface area contributed by atoms with Gasteiger partial charge in [0.2, 0.25) is 0 Å². The Morgan fingerprint density at radius 1 is 1.36 bits per heavy atom. The van der Waals surface area contributed by atoms with Gasteiger partial charge in [-0.25, -0.2) is 0 Å². The van der Waals surface area contributed by atoms with Gasteiger partial charge in [0.1, 0.15) is 4.33 Å². The van der Waals surface area contributed by atoms with Gasteiger partial charge >= 0.3 is 0 Å². The van der Waals surface area contributed by atoms with Crippen LogP contribution in [0.2, 0.25) is 18.1 Å². The van der Waals surface area contributed by atoms with E-state index in [-0.39, 0.29) is 5.04 Å². The molecule has 0 bridgehead atoms. The summed E-state index contributed by atoms with van der Waals surface area (Å²) in [5.74, 6) is 0.347. The van der Waals surface area contributed by atoms with E-state index in [1.165, 1.54) is 0 Å². The molecule has 0 N–H and O–H groups in total.